The molecule has 88 valence electrons. The Morgan fingerprint density at radius 1 is 1.24 bits per heavy atom. The highest BCUT2D eigenvalue weighted by atomic mass is 16.1. The topological polar surface area (TPSA) is 69.1 Å². The van der Waals surface area contributed by atoms with Crippen LogP contribution in [0.25, 0.3) is 0 Å². The largest absolute Gasteiger partial charge is 0.369 e. The van der Waals surface area contributed by atoms with E-state index in [1.165, 1.54) is 0 Å². The van der Waals surface area contributed by atoms with E-state index in [2.05, 4.69) is 0 Å². The number of carbonyl (C=O) groups is 1. The molecule has 0 radical (unpaired) electrons. The first-order chi connectivity index (χ1) is 8.12. The predicted molar refractivity (Wildman–Crippen MR) is 68.0 cm³/mol. The minimum absolute atomic E-state index is 0.385. The van der Waals surface area contributed by atoms with Crippen molar-refractivity contribution in [1.82, 2.24) is 0 Å². The maximum atomic E-state index is 11.4. The Morgan fingerprint density at radius 3 is 2.59 bits per heavy atom. The van der Waals surface area contributed by atoms with E-state index in [-0.39, 0.29) is 5.91 Å². The van der Waals surface area contributed by atoms with Gasteiger partial charge in [-0.1, -0.05) is 54.6 Å². The van der Waals surface area contributed by atoms with Crippen molar-refractivity contribution in [2.24, 2.45) is 17.4 Å². The van der Waals surface area contributed by atoms with Gasteiger partial charge in [0.15, 0.2) is 0 Å². The van der Waals surface area contributed by atoms with Gasteiger partial charge in [0.1, 0.15) is 0 Å². The van der Waals surface area contributed by atoms with Gasteiger partial charge in [-0.25, -0.2) is 0 Å². The second-order valence-corrected chi connectivity index (χ2v) is 4.40. The Morgan fingerprint density at radius 2 is 1.94 bits per heavy atom. The zero-order valence-corrected chi connectivity index (χ0v) is 9.54. The van der Waals surface area contributed by atoms with E-state index in [4.69, 9.17) is 11.5 Å². The molecule has 0 aliphatic heterocycles. The van der Waals surface area contributed by atoms with Gasteiger partial charge in [-0.15, -0.1) is 0 Å². The lowest BCUT2D eigenvalue weighted by Gasteiger charge is -2.33. The van der Waals surface area contributed by atoms with Gasteiger partial charge >= 0.3 is 0 Å². The molecule has 2 atom stereocenters. The molecule has 3 nitrogen and oxygen atoms in total. The SMILES string of the molecule is NC(=O)C1C=CC=CC1(N)Cc1ccccc1. The molecule has 4 N–H and O–H groups in total. The van der Waals surface area contributed by atoms with Crippen LogP contribution in [0.15, 0.2) is 54.6 Å². The number of amides is 1. The average Bonchev–Trinajstić information content (AvgIpc) is 2.30. The minimum atomic E-state index is -0.720. The number of benzene rings is 1. The molecule has 0 spiro atoms. The molecular formula is C14H16N2O. The summed E-state index contributed by atoms with van der Waals surface area (Å²) in [6.45, 7) is 0. The van der Waals surface area contributed by atoms with Gasteiger partial charge in [0.25, 0.3) is 0 Å². The molecular weight excluding hydrogens is 212 g/mol. The Labute approximate surface area is 101 Å². The Hall–Kier alpha value is -1.87. The van der Waals surface area contributed by atoms with E-state index in [9.17, 15) is 4.79 Å². The lowest BCUT2D eigenvalue weighted by molar-refractivity contribution is -0.121. The van der Waals surface area contributed by atoms with Crippen LogP contribution in [0.1, 0.15) is 5.56 Å². The van der Waals surface area contributed by atoms with Crippen molar-refractivity contribution < 1.29 is 4.79 Å². The fraction of sp³-hybridized carbons (Fsp3) is 0.214. The van der Waals surface area contributed by atoms with Crippen LogP contribution in [0.4, 0.5) is 0 Å². The van der Waals surface area contributed by atoms with Crippen molar-refractivity contribution in [1.29, 1.82) is 0 Å². The molecule has 1 aromatic rings. The average molecular weight is 228 g/mol. The third kappa shape index (κ3) is 2.45. The van der Waals surface area contributed by atoms with E-state index in [0.717, 1.165) is 5.56 Å². The van der Waals surface area contributed by atoms with Gasteiger partial charge in [-0.3, -0.25) is 4.79 Å². The van der Waals surface area contributed by atoms with E-state index >= 15 is 0 Å². The number of primary amides is 1. The van der Waals surface area contributed by atoms with E-state index in [1.807, 2.05) is 48.6 Å². The lowest BCUT2D eigenvalue weighted by atomic mass is 9.77. The van der Waals surface area contributed by atoms with Crippen molar-refractivity contribution in [3.05, 3.63) is 60.2 Å². The molecule has 1 aliphatic carbocycles. The van der Waals surface area contributed by atoms with Gasteiger partial charge in [0.05, 0.1) is 11.5 Å². The summed E-state index contributed by atoms with van der Waals surface area (Å²) in [6, 6.07) is 9.87. The Balaban J connectivity index is 2.25. The fourth-order valence-electron chi connectivity index (χ4n) is 2.17. The molecule has 1 aromatic carbocycles. The molecule has 3 heteroatoms. The van der Waals surface area contributed by atoms with Gasteiger partial charge in [0.2, 0.25) is 5.91 Å². The molecule has 0 saturated heterocycles. The second kappa shape index (κ2) is 4.55. The standard InChI is InChI=1S/C14H16N2O/c15-13(17)12-8-4-5-9-14(12,16)10-11-6-2-1-3-7-11/h1-9,12H,10,16H2,(H2,15,17). The van der Waals surface area contributed by atoms with Crippen LogP contribution < -0.4 is 11.5 Å². The third-order valence-electron chi connectivity index (χ3n) is 3.06. The Bertz CT molecular complexity index is 464. The van der Waals surface area contributed by atoms with Crippen molar-refractivity contribution in [2.45, 2.75) is 12.0 Å². The molecule has 0 aromatic heterocycles. The molecule has 1 aliphatic rings. The summed E-state index contributed by atoms with van der Waals surface area (Å²) < 4.78 is 0. The van der Waals surface area contributed by atoms with Crippen LogP contribution in [-0.2, 0) is 11.2 Å². The monoisotopic (exact) mass is 228 g/mol. The van der Waals surface area contributed by atoms with Crippen LogP contribution in [0, 0.1) is 5.92 Å². The van der Waals surface area contributed by atoms with Crippen LogP contribution in [0.2, 0.25) is 0 Å². The van der Waals surface area contributed by atoms with Crippen LogP contribution >= 0.6 is 0 Å². The summed E-state index contributed by atoms with van der Waals surface area (Å²) in [4.78, 5) is 11.4. The van der Waals surface area contributed by atoms with Gasteiger partial charge in [-0.05, 0) is 12.0 Å². The summed E-state index contributed by atoms with van der Waals surface area (Å²) in [5.74, 6) is -0.836. The summed E-state index contributed by atoms with van der Waals surface area (Å²) in [5.41, 5.74) is 12.1. The molecule has 0 fully saturated rings. The predicted octanol–water partition coefficient (Wildman–Crippen LogP) is 1.15. The highest BCUT2D eigenvalue weighted by molar-refractivity contribution is 5.81. The molecule has 0 saturated carbocycles. The van der Waals surface area contributed by atoms with Crippen LogP contribution in [0.3, 0.4) is 0 Å². The van der Waals surface area contributed by atoms with E-state index < -0.39 is 11.5 Å². The van der Waals surface area contributed by atoms with Crippen molar-refractivity contribution in [2.75, 3.05) is 0 Å². The normalized spacial score (nSPS) is 27.0. The van der Waals surface area contributed by atoms with Crippen molar-refractivity contribution in [3.8, 4) is 0 Å². The Kier molecular flexibility index (Phi) is 3.11. The first kappa shape index (κ1) is 11.6. The van der Waals surface area contributed by atoms with Crippen LogP contribution in [0.5, 0.6) is 0 Å². The zero-order valence-electron chi connectivity index (χ0n) is 9.54. The first-order valence-corrected chi connectivity index (χ1v) is 5.60. The smallest absolute Gasteiger partial charge is 0.226 e. The highest BCUT2D eigenvalue weighted by Crippen LogP contribution is 2.26. The number of nitrogens with two attached hydrogens (primary N) is 2. The van der Waals surface area contributed by atoms with Gasteiger partial charge in [-0.2, -0.15) is 0 Å². The van der Waals surface area contributed by atoms with E-state index in [0.29, 0.717) is 6.42 Å². The fourth-order valence-corrected chi connectivity index (χ4v) is 2.17. The molecule has 0 heterocycles. The maximum absolute atomic E-state index is 11.4. The van der Waals surface area contributed by atoms with Crippen LogP contribution in [-0.4, -0.2) is 11.4 Å². The molecule has 2 unspecified atom stereocenters. The number of hydrogen-bond acceptors (Lipinski definition) is 2. The highest BCUT2D eigenvalue weighted by Gasteiger charge is 2.36. The lowest BCUT2D eigenvalue weighted by Crippen LogP contribution is -2.52. The number of allylic oxidation sites excluding steroid dienone is 2. The van der Waals surface area contributed by atoms with Gasteiger partial charge < -0.3 is 11.5 Å². The third-order valence-corrected chi connectivity index (χ3v) is 3.06. The van der Waals surface area contributed by atoms with Crippen molar-refractivity contribution in [3.63, 3.8) is 0 Å². The molecule has 1 amide bonds. The van der Waals surface area contributed by atoms with Crippen molar-refractivity contribution >= 4 is 5.91 Å². The molecule has 0 bridgehead atoms. The summed E-state index contributed by atoms with van der Waals surface area (Å²) in [7, 11) is 0. The first-order valence-electron chi connectivity index (χ1n) is 5.60. The number of hydrogen-bond donors (Lipinski definition) is 2. The summed E-state index contributed by atoms with van der Waals surface area (Å²) in [6.07, 6.45) is 7.90. The number of rotatable bonds is 3. The van der Waals surface area contributed by atoms with Gasteiger partial charge in [0, 0.05) is 0 Å². The molecule has 17 heavy (non-hydrogen) atoms. The summed E-state index contributed by atoms with van der Waals surface area (Å²) in [5, 5.41) is 0. The quantitative estimate of drug-likeness (QED) is 0.815. The van der Waals surface area contributed by atoms with E-state index in [1.54, 1.807) is 6.08 Å². The minimum Gasteiger partial charge on any atom is -0.369 e. The molecule has 2 rings (SSSR count). The zero-order chi connectivity index (χ0) is 12.3. The maximum Gasteiger partial charge on any atom is 0.226 e. The number of carbonyl (C=O) groups excluding carboxylic acids is 1. The second-order valence-electron chi connectivity index (χ2n) is 4.40. The summed E-state index contributed by atoms with van der Waals surface area (Å²) >= 11 is 0.